The molecular weight excluding hydrogens is 291 g/mol. The molecule has 1 saturated carbocycles. The van der Waals surface area contributed by atoms with Gasteiger partial charge in [-0.15, -0.1) is 0 Å². The largest absolute Gasteiger partial charge is 0.356 e. The average Bonchev–Trinajstić information content (AvgIpc) is 3.36. The standard InChI is InChI=1S/C19H27FN2O/c20-18-9-4-3-8-15(18)16-14-17(16)19(23)21-10-7-13-22-11-5-1-2-6-12-22/h3-4,8-9,16-17H,1-2,5-7,10-14H2,(H,21,23). The number of hydrogen-bond donors (Lipinski definition) is 1. The fraction of sp³-hybridized carbons (Fsp3) is 0.632. The zero-order valence-electron chi connectivity index (χ0n) is 13.8. The predicted molar refractivity (Wildman–Crippen MR) is 89.8 cm³/mol. The molecule has 0 bridgehead atoms. The van der Waals surface area contributed by atoms with Crippen molar-refractivity contribution < 1.29 is 9.18 Å². The summed E-state index contributed by atoms with van der Waals surface area (Å²) in [5, 5.41) is 3.03. The van der Waals surface area contributed by atoms with Crippen LogP contribution in [0.5, 0.6) is 0 Å². The Hall–Kier alpha value is -1.42. The highest BCUT2D eigenvalue weighted by molar-refractivity contribution is 5.82. The normalized spacial score (nSPS) is 24.9. The Labute approximate surface area is 138 Å². The van der Waals surface area contributed by atoms with Crippen LogP contribution < -0.4 is 5.32 Å². The number of nitrogens with one attached hydrogen (secondary N) is 1. The maximum Gasteiger partial charge on any atom is 0.223 e. The second-order valence-corrected chi connectivity index (χ2v) is 6.87. The third kappa shape index (κ3) is 4.54. The van der Waals surface area contributed by atoms with Crippen molar-refractivity contribution >= 4 is 5.91 Å². The van der Waals surface area contributed by atoms with Crippen molar-refractivity contribution in [3.63, 3.8) is 0 Å². The number of amides is 1. The quantitative estimate of drug-likeness (QED) is 0.816. The SMILES string of the molecule is O=C(NCCCN1CCCCCC1)C1CC1c1ccccc1F. The third-order valence-electron chi connectivity index (χ3n) is 5.08. The molecule has 1 N–H and O–H groups in total. The number of hydrogen-bond acceptors (Lipinski definition) is 2. The molecular formula is C19H27FN2O. The average molecular weight is 318 g/mol. The van der Waals surface area contributed by atoms with Gasteiger partial charge in [-0.1, -0.05) is 31.0 Å². The minimum absolute atomic E-state index is 0.0370. The minimum atomic E-state index is -0.186. The Morgan fingerprint density at radius 2 is 1.91 bits per heavy atom. The Morgan fingerprint density at radius 3 is 2.65 bits per heavy atom. The summed E-state index contributed by atoms with van der Waals surface area (Å²) < 4.78 is 13.7. The van der Waals surface area contributed by atoms with E-state index in [1.165, 1.54) is 44.8 Å². The van der Waals surface area contributed by atoms with Crippen molar-refractivity contribution in [2.45, 2.75) is 44.4 Å². The number of carbonyl (C=O) groups is 1. The smallest absolute Gasteiger partial charge is 0.223 e. The number of rotatable bonds is 6. The van der Waals surface area contributed by atoms with Crippen LogP contribution in [0.15, 0.2) is 24.3 Å². The van der Waals surface area contributed by atoms with Crippen molar-refractivity contribution in [3.8, 4) is 0 Å². The van der Waals surface area contributed by atoms with E-state index < -0.39 is 0 Å². The molecule has 0 spiro atoms. The molecule has 1 aromatic rings. The number of benzene rings is 1. The first-order valence-electron chi connectivity index (χ1n) is 9.00. The van der Waals surface area contributed by atoms with Crippen LogP contribution in [-0.2, 0) is 4.79 Å². The summed E-state index contributed by atoms with van der Waals surface area (Å²) in [6.07, 6.45) is 7.10. The highest BCUT2D eigenvalue weighted by atomic mass is 19.1. The third-order valence-corrected chi connectivity index (χ3v) is 5.08. The lowest BCUT2D eigenvalue weighted by molar-refractivity contribution is -0.122. The Balaban J connectivity index is 1.35. The summed E-state index contributed by atoms with van der Waals surface area (Å²) in [7, 11) is 0. The lowest BCUT2D eigenvalue weighted by Gasteiger charge is -2.19. The highest BCUT2D eigenvalue weighted by Gasteiger charge is 2.44. The van der Waals surface area contributed by atoms with E-state index in [-0.39, 0.29) is 23.6 Å². The van der Waals surface area contributed by atoms with Crippen LogP contribution in [0.3, 0.4) is 0 Å². The fourth-order valence-corrected chi connectivity index (χ4v) is 3.61. The van der Waals surface area contributed by atoms with Crippen LogP contribution in [0.25, 0.3) is 0 Å². The van der Waals surface area contributed by atoms with Crippen LogP contribution in [0.2, 0.25) is 0 Å². The molecule has 1 aliphatic carbocycles. The molecule has 0 aromatic heterocycles. The van der Waals surface area contributed by atoms with Crippen LogP contribution in [-0.4, -0.2) is 37.0 Å². The van der Waals surface area contributed by atoms with E-state index in [1.807, 2.05) is 6.07 Å². The van der Waals surface area contributed by atoms with E-state index in [1.54, 1.807) is 12.1 Å². The first-order valence-corrected chi connectivity index (χ1v) is 9.00. The second-order valence-electron chi connectivity index (χ2n) is 6.87. The van der Waals surface area contributed by atoms with Gasteiger partial charge in [-0.25, -0.2) is 4.39 Å². The molecule has 1 aromatic carbocycles. The molecule has 1 aliphatic heterocycles. The molecule has 23 heavy (non-hydrogen) atoms. The maximum absolute atomic E-state index is 13.7. The summed E-state index contributed by atoms with van der Waals surface area (Å²) in [6.45, 7) is 4.20. The molecule has 2 fully saturated rings. The minimum Gasteiger partial charge on any atom is -0.356 e. The summed E-state index contributed by atoms with van der Waals surface area (Å²) >= 11 is 0. The van der Waals surface area contributed by atoms with Gasteiger partial charge in [-0.05, 0) is 62.9 Å². The molecule has 126 valence electrons. The number of nitrogens with zero attached hydrogens (tertiary/aromatic N) is 1. The van der Waals surface area contributed by atoms with E-state index in [9.17, 15) is 9.18 Å². The Bertz CT molecular complexity index is 526. The van der Waals surface area contributed by atoms with Crippen molar-refractivity contribution in [1.82, 2.24) is 10.2 Å². The molecule has 3 rings (SSSR count). The van der Waals surface area contributed by atoms with Gasteiger partial charge >= 0.3 is 0 Å². The molecule has 3 nitrogen and oxygen atoms in total. The topological polar surface area (TPSA) is 32.3 Å². The Kier molecular flexibility index (Phi) is 5.65. The number of likely N-dealkylation sites (tertiary alicyclic amines) is 1. The van der Waals surface area contributed by atoms with Gasteiger partial charge in [0.25, 0.3) is 0 Å². The molecule has 1 heterocycles. The van der Waals surface area contributed by atoms with E-state index in [0.717, 1.165) is 25.9 Å². The molecule has 1 amide bonds. The molecule has 2 atom stereocenters. The monoisotopic (exact) mass is 318 g/mol. The summed E-state index contributed by atoms with van der Waals surface area (Å²) in [6, 6.07) is 6.81. The van der Waals surface area contributed by atoms with Crippen molar-refractivity contribution in [2.24, 2.45) is 5.92 Å². The van der Waals surface area contributed by atoms with Crippen molar-refractivity contribution in [1.29, 1.82) is 0 Å². The van der Waals surface area contributed by atoms with Crippen LogP contribution in [0.1, 0.15) is 50.0 Å². The highest BCUT2D eigenvalue weighted by Crippen LogP contribution is 2.48. The molecule has 0 radical (unpaired) electrons. The Morgan fingerprint density at radius 1 is 1.17 bits per heavy atom. The lowest BCUT2D eigenvalue weighted by atomic mass is 10.1. The maximum atomic E-state index is 13.7. The van der Waals surface area contributed by atoms with Gasteiger partial charge in [0.05, 0.1) is 0 Å². The van der Waals surface area contributed by atoms with Crippen molar-refractivity contribution in [2.75, 3.05) is 26.2 Å². The van der Waals surface area contributed by atoms with Gasteiger partial charge < -0.3 is 10.2 Å². The van der Waals surface area contributed by atoms with Gasteiger partial charge in [0.1, 0.15) is 5.82 Å². The number of halogens is 1. The zero-order chi connectivity index (χ0) is 16.1. The van der Waals surface area contributed by atoms with Crippen LogP contribution >= 0.6 is 0 Å². The van der Waals surface area contributed by atoms with Crippen molar-refractivity contribution in [3.05, 3.63) is 35.6 Å². The molecule has 4 heteroatoms. The second kappa shape index (κ2) is 7.91. The van der Waals surface area contributed by atoms with E-state index in [0.29, 0.717) is 5.56 Å². The lowest BCUT2D eigenvalue weighted by Crippen LogP contribution is -2.31. The van der Waals surface area contributed by atoms with E-state index in [2.05, 4.69) is 10.2 Å². The summed E-state index contributed by atoms with van der Waals surface area (Å²) in [5.41, 5.74) is 0.692. The van der Waals surface area contributed by atoms with Crippen LogP contribution in [0.4, 0.5) is 4.39 Å². The van der Waals surface area contributed by atoms with Gasteiger partial charge in [-0.2, -0.15) is 0 Å². The molecule has 2 unspecified atom stereocenters. The summed E-state index contributed by atoms with van der Waals surface area (Å²) in [4.78, 5) is 14.7. The van der Waals surface area contributed by atoms with Gasteiger partial charge in [-0.3, -0.25) is 4.79 Å². The summed E-state index contributed by atoms with van der Waals surface area (Å²) in [5.74, 6) is -0.0602. The van der Waals surface area contributed by atoms with E-state index in [4.69, 9.17) is 0 Å². The van der Waals surface area contributed by atoms with Gasteiger partial charge in [0.15, 0.2) is 0 Å². The molecule has 1 saturated heterocycles. The molecule has 2 aliphatic rings. The first kappa shape index (κ1) is 16.4. The van der Waals surface area contributed by atoms with Crippen LogP contribution in [0, 0.1) is 11.7 Å². The van der Waals surface area contributed by atoms with Gasteiger partial charge in [0, 0.05) is 12.5 Å². The first-order chi connectivity index (χ1) is 11.3. The van der Waals surface area contributed by atoms with Gasteiger partial charge in [0.2, 0.25) is 5.91 Å². The zero-order valence-corrected chi connectivity index (χ0v) is 13.8. The number of carbonyl (C=O) groups excluding carboxylic acids is 1. The fourth-order valence-electron chi connectivity index (χ4n) is 3.61. The van der Waals surface area contributed by atoms with E-state index >= 15 is 0 Å². The predicted octanol–water partition coefficient (Wildman–Crippen LogP) is 3.31.